The molecule has 0 heterocycles. The number of hydrogen-bond donors (Lipinski definition) is 2. The van der Waals surface area contributed by atoms with Crippen LogP contribution >= 0.6 is 0 Å². The van der Waals surface area contributed by atoms with Crippen LogP contribution in [0.25, 0.3) is 0 Å². The molecule has 132 valence electrons. The Hall–Kier alpha value is -2.57. The number of nitrogens with one attached hydrogen (secondary N) is 2. The van der Waals surface area contributed by atoms with E-state index in [2.05, 4.69) is 15.4 Å². The highest BCUT2D eigenvalue weighted by Gasteiger charge is 2.26. The minimum atomic E-state index is -0.741. The van der Waals surface area contributed by atoms with Crippen molar-refractivity contribution in [2.75, 3.05) is 13.7 Å². The molecule has 0 unspecified atom stereocenters. The van der Waals surface area contributed by atoms with E-state index in [0.717, 1.165) is 5.56 Å². The van der Waals surface area contributed by atoms with Gasteiger partial charge >= 0.3 is 12.1 Å². The van der Waals surface area contributed by atoms with Gasteiger partial charge in [-0.3, -0.25) is 4.79 Å². The zero-order chi connectivity index (χ0) is 17.9. The fourth-order valence-corrected chi connectivity index (χ4v) is 1.95. The van der Waals surface area contributed by atoms with Crippen molar-refractivity contribution in [3.63, 3.8) is 0 Å². The van der Waals surface area contributed by atoms with Gasteiger partial charge in [-0.25, -0.2) is 9.59 Å². The molecule has 2 atom stereocenters. The number of esters is 1. The maximum absolute atomic E-state index is 11.9. The molecule has 24 heavy (non-hydrogen) atoms. The van der Waals surface area contributed by atoms with Crippen molar-refractivity contribution in [3.8, 4) is 0 Å². The number of benzene rings is 1. The molecule has 0 fully saturated rings. The molecule has 7 heteroatoms. The Morgan fingerprint density at radius 1 is 1.17 bits per heavy atom. The first-order chi connectivity index (χ1) is 11.5. The molecule has 0 radical (unpaired) electrons. The van der Waals surface area contributed by atoms with Crippen LogP contribution in [-0.4, -0.2) is 37.7 Å². The number of carbonyl (C=O) groups is 3. The largest absolute Gasteiger partial charge is 0.467 e. The second-order valence-corrected chi connectivity index (χ2v) is 5.37. The van der Waals surface area contributed by atoms with Crippen LogP contribution < -0.4 is 10.6 Å². The fraction of sp³-hybridized carbons (Fsp3) is 0.471. The molecule has 1 aromatic carbocycles. The standard InChI is InChI=1S/C17H24N2O5/c1-4-12(2)15(16(21)23-3)19-14(20)10-18-17(22)24-11-13-8-6-5-7-9-13/h5-9,12,15H,4,10-11H2,1-3H3,(H,18,22)(H,19,20)/t12-,15-/m0/s1. The number of ether oxygens (including phenoxy) is 2. The van der Waals surface area contributed by atoms with Crippen molar-refractivity contribution in [2.24, 2.45) is 5.92 Å². The summed E-state index contributed by atoms with van der Waals surface area (Å²) >= 11 is 0. The Balaban J connectivity index is 2.38. The Bertz CT molecular complexity index is 547. The van der Waals surface area contributed by atoms with Gasteiger partial charge in [0.05, 0.1) is 7.11 Å². The highest BCUT2D eigenvalue weighted by atomic mass is 16.5. The monoisotopic (exact) mass is 336 g/mol. The van der Waals surface area contributed by atoms with Crippen LogP contribution in [0.3, 0.4) is 0 Å². The third kappa shape index (κ3) is 6.68. The summed E-state index contributed by atoms with van der Waals surface area (Å²) in [5, 5.41) is 4.91. The highest BCUT2D eigenvalue weighted by molar-refractivity contribution is 5.87. The molecule has 2 N–H and O–H groups in total. The van der Waals surface area contributed by atoms with Crippen molar-refractivity contribution < 1.29 is 23.9 Å². The topological polar surface area (TPSA) is 93.7 Å². The minimum absolute atomic E-state index is 0.0774. The van der Waals surface area contributed by atoms with E-state index >= 15 is 0 Å². The summed E-state index contributed by atoms with van der Waals surface area (Å²) in [5.74, 6) is -1.07. The van der Waals surface area contributed by atoms with Crippen LogP contribution in [0.5, 0.6) is 0 Å². The van der Waals surface area contributed by atoms with Crippen LogP contribution in [-0.2, 0) is 25.7 Å². The van der Waals surface area contributed by atoms with Crippen molar-refractivity contribution in [2.45, 2.75) is 32.9 Å². The van der Waals surface area contributed by atoms with Gasteiger partial charge in [0.1, 0.15) is 19.2 Å². The van der Waals surface area contributed by atoms with Gasteiger partial charge in [0, 0.05) is 0 Å². The van der Waals surface area contributed by atoms with E-state index in [1.807, 2.05) is 44.2 Å². The van der Waals surface area contributed by atoms with E-state index < -0.39 is 24.0 Å². The van der Waals surface area contributed by atoms with E-state index in [9.17, 15) is 14.4 Å². The molecule has 2 amide bonds. The zero-order valence-corrected chi connectivity index (χ0v) is 14.2. The molecule has 0 spiro atoms. The lowest BCUT2D eigenvalue weighted by Gasteiger charge is -2.21. The van der Waals surface area contributed by atoms with Gasteiger partial charge in [-0.2, -0.15) is 0 Å². The molecule has 1 rings (SSSR count). The quantitative estimate of drug-likeness (QED) is 0.704. The van der Waals surface area contributed by atoms with Gasteiger partial charge in [0.15, 0.2) is 0 Å². The van der Waals surface area contributed by atoms with E-state index in [-0.39, 0.29) is 19.1 Å². The third-order valence-corrected chi connectivity index (χ3v) is 3.59. The van der Waals surface area contributed by atoms with Crippen molar-refractivity contribution >= 4 is 18.0 Å². The van der Waals surface area contributed by atoms with Gasteiger partial charge in [-0.05, 0) is 11.5 Å². The molecule has 0 saturated carbocycles. The SMILES string of the molecule is CC[C@H](C)[C@H](NC(=O)CNC(=O)OCc1ccccc1)C(=O)OC. The summed E-state index contributed by atoms with van der Waals surface area (Å²) < 4.78 is 9.68. The lowest BCUT2D eigenvalue weighted by Crippen LogP contribution is -2.49. The second-order valence-electron chi connectivity index (χ2n) is 5.37. The number of hydrogen-bond acceptors (Lipinski definition) is 5. The Kier molecular flexibility index (Phi) is 8.32. The Morgan fingerprint density at radius 2 is 1.83 bits per heavy atom. The molecular formula is C17H24N2O5. The zero-order valence-electron chi connectivity index (χ0n) is 14.2. The lowest BCUT2D eigenvalue weighted by atomic mass is 9.99. The van der Waals surface area contributed by atoms with Crippen molar-refractivity contribution in [3.05, 3.63) is 35.9 Å². The number of alkyl carbamates (subject to hydrolysis) is 1. The molecule has 7 nitrogen and oxygen atoms in total. The molecule has 1 aromatic rings. The summed E-state index contributed by atoms with van der Waals surface area (Å²) in [7, 11) is 1.27. The van der Waals surface area contributed by atoms with Crippen LogP contribution in [0.15, 0.2) is 30.3 Å². The summed E-state index contributed by atoms with van der Waals surface area (Å²) in [6.45, 7) is 3.58. The number of rotatable bonds is 8. The van der Waals surface area contributed by atoms with Gasteiger partial charge in [0.25, 0.3) is 0 Å². The molecule has 0 aliphatic heterocycles. The number of carbonyl (C=O) groups excluding carboxylic acids is 3. The van der Waals surface area contributed by atoms with Crippen molar-refractivity contribution in [1.29, 1.82) is 0 Å². The normalized spacial score (nSPS) is 12.6. The van der Waals surface area contributed by atoms with Gasteiger partial charge in [-0.15, -0.1) is 0 Å². The van der Waals surface area contributed by atoms with Crippen molar-refractivity contribution in [1.82, 2.24) is 10.6 Å². The Labute approximate surface area is 141 Å². The van der Waals surface area contributed by atoms with Crippen LogP contribution in [0.2, 0.25) is 0 Å². The third-order valence-electron chi connectivity index (χ3n) is 3.59. The van der Waals surface area contributed by atoms with Gasteiger partial charge in [0.2, 0.25) is 5.91 Å². The second kappa shape index (κ2) is 10.3. The highest BCUT2D eigenvalue weighted by Crippen LogP contribution is 2.09. The predicted molar refractivity (Wildman–Crippen MR) is 88.0 cm³/mol. The van der Waals surface area contributed by atoms with Crippen LogP contribution in [0, 0.1) is 5.92 Å². The fourth-order valence-electron chi connectivity index (χ4n) is 1.95. The summed E-state index contributed by atoms with van der Waals surface area (Å²) in [5.41, 5.74) is 0.847. The molecule has 0 aliphatic rings. The molecule has 0 aliphatic carbocycles. The maximum atomic E-state index is 11.9. The summed E-state index contributed by atoms with van der Waals surface area (Å²) in [4.78, 5) is 35.2. The summed E-state index contributed by atoms with van der Waals surface area (Å²) in [6.07, 6.45) is -0.000718. The first kappa shape index (κ1) is 19.5. The predicted octanol–water partition coefficient (Wildman–Crippen LogP) is 1.62. The average Bonchev–Trinajstić information content (AvgIpc) is 2.62. The van der Waals surface area contributed by atoms with E-state index in [4.69, 9.17) is 4.74 Å². The van der Waals surface area contributed by atoms with Gasteiger partial charge < -0.3 is 20.1 Å². The van der Waals surface area contributed by atoms with Crippen LogP contribution in [0.1, 0.15) is 25.8 Å². The maximum Gasteiger partial charge on any atom is 0.407 e. The lowest BCUT2D eigenvalue weighted by molar-refractivity contribution is -0.146. The van der Waals surface area contributed by atoms with E-state index in [1.54, 1.807) is 0 Å². The Morgan fingerprint density at radius 3 is 2.42 bits per heavy atom. The average molecular weight is 336 g/mol. The van der Waals surface area contributed by atoms with Gasteiger partial charge in [-0.1, -0.05) is 50.6 Å². The smallest absolute Gasteiger partial charge is 0.407 e. The molecule has 0 aromatic heterocycles. The first-order valence-corrected chi connectivity index (χ1v) is 7.79. The van der Waals surface area contributed by atoms with E-state index in [1.165, 1.54) is 7.11 Å². The van der Waals surface area contributed by atoms with Crippen LogP contribution in [0.4, 0.5) is 4.79 Å². The molecular weight excluding hydrogens is 312 g/mol. The first-order valence-electron chi connectivity index (χ1n) is 7.79. The molecule has 0 bridgehead atoms. The van der Waals surface area contributed by atoms with E-state index in [0.29, 0.717) is 6.42 Å². The summed E-state index contributed by atoms with van der Waals surface area (Å²) in [6, 6.07) is 8.45. The minimum Gasteiger partial charge on any atom is -0.467 e. The number of amides is 2. The number of methoxy groups -OCH3 is 1. The molecule has 0 saturated heterocycles.